The van der Waals surface area contributed by atoms with Crippen LogP contribution in [0.2, 0.25) is 0 Å². The molecule has 0 saturated carbocycles. The highest BCUT2D eigenvalue weighted by Crippen LogP contribution is 2.15. The molecule has 0 aliphatic rings. The molecule has 0 aliphatic carbocycles. The summed E-state index contributed by atoms with van der Waals surface area (Å²) in [7, 11) is 0. The van der Waals surface area contributed by atoms with Crippen molar-refractivity contribution >= 4 is 11.8 Å². The minimum absolute atomic E-state index is 0.0524. The van der Waals surface area contributed by atoms with Crippen molar-refractivity contribution in [3.8, 4) is 5.40 Å². The number of thioether (sulfide) groups is 1. The Balaban J connectivity index is 4.48. The lowest BCUT2D eigenvalue weighted by molar-refractivity contribution is -0.411. The molecule has 10 heavy (non-hydrogen) atoms. The van der Waals surface area contributed by atoms with Crippen molar-refractivity contribution in [1.82, 2.24) is 0 Å². The monoisotopic (exact) mass is 159 g/mol. The van der Waals surface area contributed by atoms with Crippen LogP contribution in [-0.4, -0.2) is 4.92 Å². The molecule has 0 aliphatic heterocycles. The summed E-state index contributed by atoms with van der Waals surface area (Å²) in [5.41, 5.74) is 5.14. The van der Waals surface area contributed by atoms with Gasteiger partial charge in [-0.2, -0.15) is 5.26 Å². The number of nitrogens with two attached hydrogens (primary N) is 1. The van der Waals surface area contributed by atoms with E-state index in [1.54, 1.807) is 5.40 Å². The molecule has 0 saturated heterocycles. The summed E-state index contributed by atoms with van der Waals surface area (Å²) in [4.78, 5) is 9.35. The van der Waals surface area contributed by atoms with Gasteiger partial charge in [0.2, 0.25) is 0 Å². The van der Waals surface area contributed by atoms with Gasteiger partial charge in [0.1, 0.15) is 5.40 Å². The van der Waals surface area contributed by atoms with Gasteiger partial charge in [-0.05, 0) is 6.92 Å². The molecular formula is C4H5N3O2S. The average Bonchev–Trinajstić information content (AvgIpc) is 1.81. The highest BCUT2D eigenvalue weighted by Gasteiger charge is 2.13. The first-order chi connectivity index (χ1) is 4.59. The van der Waals surface area contributed by atoms with E-state index < -0.39 is 4.92 Å². The van der Waals surface area contributed by atoms with Gasteiger partial charge in [-0.15, -0.1) is 0 Å². The van der Waals surface area contributed by atoms with Crippen LogP contribution in [0.4, 0.5) is 0 Å². The summed E-state index contributed by atoms with van der Waals surface area (Å²) in [6.45, 7) is 1.38. The smallest absolute Gasteiger partial charge is 0.335 e. The Morgan fingerprint density at radius 3 is 2.50 bits per heavy atom. The van der Waals surface area contributed by atoms with Crippen molar-refractivity contribution in [2.45, 2.75) is 6.92 Å². The predicted molar refractivity (Wildman–Crippen MR) is 37.1 cm³/mol. The summed E-state index contributed by atoms with van der Waals surface area (Å²) in [5.74, 6) is 0. The Bertz CT molecular complexity index is 213. The lowest BCUT2D eigenvalue weighted by Gasteiger charge is -1.91. The van der Waals surface area contributed by atoms with E-state index in [4.69, 9.17) is 11.0 Å². The van der Waals surface area contributed by atoms with Crippen molar-refractivity contribution in [1.29, 1.82) is 5.26 Å². The molecule has 0 bridgehead atoms. The zero-order chi connectivity index (χ0) is 8.15. The summed E-state index contributed by atoms with van der Waals surface area (Å²) < 4.78 is 0. The van der Waals surface area contributed by atoms with Gasteiger partial charge in [0, 0.05) is 0 Å². The normalized spacial score (nSPS) is 11.6. The molecule has 0 aromatic carbocycles. The maximum atomic E-state index is 10.0. The Hall–Kier alpha value is -1.22. The summed E-state index contributed by atoms with van der Waals surface area (Å²) in [6, 6.07) is 0. The first kappa shape index (κ1) is 8.78. The zero-order valence-electron chi connectivity index (χ0n) is 5.20. The molecule has 5 nitrogen and oxygen atoms in total. The Kier molecular flexibility index (Phi) is 3.28. The van der Waals surface area contributed by atoms with Crippen LogP contribution in [0.3, 0.4) is 0 Å². The Labute approximate surface area is 61.7 Å². The van der Waals surface area contributed by atoms with Gasteiger partial charge in [-0.25, -0.2) is 0 Å². The van der Waals surface area contributed by atoms with Crippen LogP contribution in [0.25, 0.3) is 0 Å². The van der Waals surface area contributed by atoms with Crippen LogP contribution in [0.1, 0.15) is 6.92 Å². The van der Waals surface area contributed by atoms with E-state index in [-0.39, 0.29) is 10.7 Å². The number of rotatable bonds is 2. The van der Waals surface area contributed by atoms with Gasteiger partial charge in [-0.1, -0.05) is 0 Å². The first-order valence-electron chi connectivity index (χ1n) is 2.26. The second-order valence-corrected chi connectivity index (χ2v) is 2.21. The second-order valence-electron chi connectivity index (χ2n) is 1.44. The molecule has 0 radical (unpaired) electrons. The van der Waals surface area contributed by atoms with Crippen LogP contribution >= 0.6 is 11.8 Å². The molecule has 0 heterocycles. The van der Waals surface area contributed by atoms with E-state index in [1.165, 1.54) is 6.92 Å². The van der Waals surface area contributed by atoms with Crippen molar-refractivity contribution < 1.29 is 4.92 Å². The third-order valence-electron chi connectivity index (χ3n) is 0.645. The minimum Gasteiger partial charge on any atom is -0.396 e. The number of hydrogen-bond donors (Lipinski definition) is 1. The van der Waals surface area contributed by atoms with E-state index in [0.717, 1.165) is 0 Å². The molecule has 6 heteroatoms. The molecule has 0 unspecified atom stereocenters. The van der Waals surface area contributed by atoms with E-state index in [0.29, 0.717) is 11.8 Å². The van der Waals surface area contributed by atoms with E-state index >= 15 is 0 Å². The third kappa shape index (κ3) is 2.37. The molecule has 0 fully saturated rings. The fraction of sp³-hybridized carbons (Fsp3) is 0.250. The van der Waals surface area contributed by atoms with Crippen molar-refractivity contribution in [2.75, 3.05) is 0 Å². The molecule has 0 aromatic rings. The van der Waals surface area contributed by atoms with Crippen LogP contribution in [0.15, 0.2) is 10.7 Å². The van der Waals surface area contributed by atoms with Crippen LogP contribution in [0.5, 0.6) is 0 Å². The molecule has 2 N–H and O–H groups in total. The highest BCUT2D eigenvalue weighted by atomic mass is 32.2. The average molecular weight is 159 g/mol. The fourth-order valence-electron chi connectivity index (χ4n) is 0.305. The first-order valence-corrected chi connectivity index (χ1v) is 3.08. The third-order valence-corrected chi connectivity index (χ3v) is 1.40. The van der Waals surface area contributed by atoms with Crippen LogP contribution in [0, 0.1) is 20.8 Å². The molecule has 0 atom stereocenters. The number of hydrogen-bond acceptors (Lipinski definition) is 5. The predicted octanol–water partition coefficient (Wildman–Crippen LogP) is 0.625. The summed E-state index contributed by atoms with van der Waals surface area (Å²) in [6.07, 6.45) is 0. The molecule has 0 spiro atoms. The largest absolute Gasteiger partial charge is 0.396 e. The van der Waals surface area contributed by atoms with Crippen molar-refractivity contribution in [3.05, 3.63) is 20.8 Å². The van der Waals surface area contributed by atoms with Crippen molar-refractivity contribution in [2.24, 2.45) is 5.73 Å². The van der Waals surface area contributed by atoms with Gasteiger partial charge in [0.25, 0.3) is 0 Å². The molecule has 54 valence electrons. The van der Waals surface area contributed by atoms with Crippen molar-refractivity contribution in [3.63, 3.8) is 0 Å². The van der Waals surface area contributed by atoms with Gasteiger partial charge >= 0.3 is 5.03 Å². The zero-order valence-corrected chi connectivity index (χ0v) is 6.01. The summed E-state index contributed by atoms with van der Waals surface area (Å²) >= 11 is 0.454. The Morgan fingerprint density at radius 2 is 2.40 bits per heavy atom. The molecular weight excluding hydrogens is 154 g/mol. The van der Waals surface area contributed by atoms with Crippen LogP contribution < -0.4 is 5.73 Å². The maximum absolute atomic E-state index is 10.0. The Morgan fingerprint density at radius 1 is 1.90 bits per heavy atom. The quantitative estimate of drug-likeness (QED) is 0.362. The van der Waals surface area contributed by atoms with E-state index in [9.17, 15) is 10.1 Å². The van der Waals surface area contributed by atoms with E-state index in [1.807, 2.05) is 0 Å². The number of nitro groups is 1. The SMILES string of the molecule is C/C(N)=C(\SC#N)[N+](=O)[O-]. The van der Waals surface area contributed by atoms with Gasteiger partial charge in [0.15, 0.2) is 0 Å². The van der Waals surface area contributed by atoms with Crippen LogP contribution in [-0.2, 0) is 0 Å². The standard InChI is InChI=1S/C4H5N3O2S/c1-3(6)4(7(8)9)10-2-5/h6H2,1H3/b4-3+. The number of thiocyanates is 1. The lowest BCUT2D eigenvalue weighted by atomic mass is 10.6. The second kappa shape index (κ2) is 3.74. The molecule has 0 rings (SSSR count). The van der Waals surface area contributed by atoms with Gasteiger partial charge in [0.05, 0.1) is 22.4 Å². The molecule has 0 aromatic heterocycles. The fourth-order valence-corrected chi connectivity index (χ4v) is 0.627. The highest BCUT2D eigenvalue weighted by molar-refractivity contribution is 8.07. The summed E-state index contributed by atoms with van der Waals surface area (Å²) in [5, 5.41) is 19.3. The lowest BCUT2D eigenvalue weighted by Crippen LogP contribution is -2.03. The number of nitriles is 1. The number of allylic oxidation sites excluding steroid dienone is 1. The van der Waals surface area contributed by atoms with Gasteiger partial charge < -0.3 is 5.73 Å². The topological polar surface area (TPSA) is 93.0 Å². The van der Waals surface area contributed by atoms with E-state index in [2.05, 4.69) is 0 Å². The minimum atomic E-state index is -0.677. The number of nitrogens with zero attached hydrogens (tertiary/aromatic N) is 2. The maximum Gasteiger partial charge on any atom is 0.335 e. The molecule has 0 amide bonds. The van der Waals surface area contributed by atoms with Gasteiger partial charge in [-0.3, -0.25) is 10.1 Å².